The summed E-state index contributed by atoms with van der Waals surface area (Å²) in [5, 5.41) is 17.6. The molecule has 1 atom stereocenters. The van der Waals surface area contributed by atoms with Gasteiger partial charge in [-0.1, -0.05) is 35.9 Å². The van der Waals surface area contributed by atoms with E-state index in [0.717, 1.165) is 4.90 Å². The highest BCUT2D eigenvalue weighted by atomic mass is 35.5. The number of carbonyl (C=O) groups is 6. The van der Waals surface area contributed by atoms with Gasteiger partial charge in [-0.25, -0.2) is 14.2 Å². The van der Waals surface area contributed by atoms with Crippen molar-refractivity contribution in [2.75, 3.05) is 103 Å². The fourth-order valence-corrected chi connectivity index (χ4v) is 8.78. The van der Waals surface area contributed by atoms with E-state index >= 15 is 4.39 Å². The number of hydrogen-bond donors (Lipinski definition) is 4. The van der Waals surface area contributed by atoms with Crippen LogP contribution in [0, 0.1) is 5.82 Å². The Hall–Kier alpha value is -7.20. The predicted molar refractivity (Wildman–Crippen MR) is 254 cm³/mol. The maximum Gasteiger partial charge on any atom is 0.314 e. The molecule has 20 nitrogen and oxygen atoms in total. The molecule has 8 rings (SSSR count). The van der Waals surface area contributed by atoms with Crippen molar-refractivity contribution in [1.82, 2.24) is 30.0 Å². The van der Waals surface area contributed by atoms with Gasteiger partial charge < -0.3 is 49.8 Å². The highest BCUT2D eigenvalue weighted by molar-refractivity contribution is 6.35. The maximum atomic E-state index is 16.9. The molecule has 2 saturated heterocycles. The SMILES string of the molecule is CN(CCOCCOCCOCCOc1ccc2c(c1)C(=O)N(C1CCC(=O)NC1=O)C2=O)C(=O)CCNc1nc(N2CCN(C(N)=O)CC2)c2cc(Cl)c(-c3cc(O)cc4ccccc34)c(F)c2n1. The van der Waals surface area contributed by atoms with E-state index in [0.29, 0.717) is 79.2 Å². The number of ether oxygens (including phenoxy) is 4. The summed E-state index contributed by atoms with van der Waals surface area (Å²) in [4.78, 5) is 89.8. The quantitative estimate of drug-likeness (QED) is 0.0637. The van der Waals surface area contributed by atoms with Crippen LogP contribution < -0.4 is 26.0 Å². The number of hydrogen-bond acceptors (Lipinski definition) is 15. The number of carbonyl (C=O) groups excluding carboxylic acids is 6. The number of fused-ring (bicyclic) bond motifs is 3. The number of nitrogens with two attached hydrogens (primary N) is 1. The highest BCUT2D eigenvalue weighted by Gasteiger charge is 2.44. The van der Waals surface area contributed by atoms with E-state index in [4.69, 9.17) is 41.3 Å². The van der Waals surface area contributed by atoms with E-state index in [-0.39, 0.29) is 104 Å². The number of urea groups is 1. The second-order valence-corrected chi connectivity index (χ2v) is 17.1. The molecule has 3 aliphatic rings. The van der Waals surface area contributed by atoms with E-state index in [1.807, 2.05) is 29.2 Å². The Labute approximate surface area is 405 Å². The molecule has 22 heteroatoms. The molecule has 368 valence electrons. The Bertz CT molecular complexity index is 2850. The number of aromatic nitrogens is 2. The summed E-state index contributed by atoms with van der Waals surface area (Å²) in [6, 6.07) is 14.8. The molecule has 0 aliphatic carbocycles. The van der Waals surface area contributed by atoms with Crippen LogP contribution in [-0.2, 0) is 28.6 Å². The normalized spacial score (nSPS) is 16.0. The number of primary amides is 1. The predicted octanol–water partition coefficient (Wildman–Crippen LogP) is 3.94. The smallest absolute Gasteiger partial charge is 0.314 e. The lowest BCUT2D eigenvalue weighted by molar-refractivity contribution is -0.136. The summed E-state index contributed by atoms with van der Waals surface area (Å²) < 4.78 is 39.4. The third-order valence-electron chi connectivity index (χ3n) is 12.1. The molecule has 2 fully saturated rings. The van der Waals surface area contributed by atoms with Gasteiger partial charge in [0.2, 0.25) is 23.7 Å². The molecular weight excluding hydrogens is 933 g/mol. The number of aromatic hydroxyl groups is 1. The third-order valence-corrected chi connectivity index (χ3v) is 12.4. The van der Waals surface area contributed by atoms with Crippen molar-refractivity contribution in [1.29, 1.82) is 0 Å². The number of halogens is 2. The molecule has 3 aliphatic heterocycles. The van der Waals surface area contributed by atoms with Gasteiger partial charge in [-0.15, -0.1) is 0 Å². The summed E-state index contributed by atoms with van der Waals surface area (Å²) in [6.45, 7) is 3.67. The van der Waals surface area contributed by atoms with E-state index in [1.54, 1.807) is 25.2 Å². The Morgan fingerprint density at radius 2 is 1.57 bits per heavy atom. The number of phenolic OH excluding ortho intramolecular Hbond substituents is 1. The Morgan fingerprint density at radius 3 is 2.30 bits per heavy atom. The lowest BCUT2D eigenvalue weighted by atomic mass is 9.96. The fourth-order valence-electron chi connectivity index (χ4n) is 8.49. The number of amides is 7. The molecular formula is C48H51ClFN9O11. The number of piperidine rings is 1. The van der Waals surface area contributed by atoms with Crippen LogP contribution in [0.4, 0.5) is 21.0 Å². The molecule has 0 saturated carbocycles. The van der Waals surface area contributed by atoms with Crippen LogP contribution >= 0.6 is 11.6 Å². The number of nitrogens with one attached hydrogen (secondary N) is 2. The van der Waals surface area contributed by atoms with E-state index in [9.17, 15) is 33.9 Å². The van der Waals surface area contributed by atoms with Crippen molar-refractivity contribution in [2.24, 2.45) is 5.73 Å². The number of piperazine rings is 1. The zero-order chi connectivity index (χ0) is 49.5. The number of likely N-dealkylation sites (N-methyl/N-ethyl adjacent to an activating group) is 1. The minimum absolute atomic E-state index is 0.0173. The molecule has 1 unspecified atom stereocenters. The summed E-state index contributed by atoms with van der Waals surface area (Å²) in [5.41, 5.74) is 6.24. The van der Waals surface area contributed by atoms with Gasteiger partial charge in [-0.2, -0.15) is 4.98 Å². The molecule has 0 spiro atoms. The van der Waals surface area contributed by atoms with Crippen molar-refractivity contribution in [2.45, 2.75) is 25.3 Å². The maximum absolute atomic E-state index is 16.9. The Morgan fingerprint density at radius 1 is 0.871 bits per heavy atom. The molecule has 5 aromatic rings. The topological polar surface area (TPSA) is 248 Å². The first kappa shape index (κ1) is 49.2. The van der Waals surface area contributed by atoms with Gasteiger partial charge in [0.05, 0.1) is 55.8 Å². The number of rotatable bonds is 20. The number of phenols is 1. The van der Waals surface area contributed by atoms with Crippen molar-refractivity contribution < 1.29 is 57.2 Å². The number of imide groups is 2. The lowest BCUT2D eigenvalue weighted by Crippen LogP contribution is -2.54. The first-order chi connectivity index (χ1) is 33.8. The van der Waals surface area contributed by atoms with Gasteiger partial charge in [0.1, 0.15) is 35.5 Å². The zero-order valence-corrected chi connectivity index (χ0v) is 39.0. The molecule has 1 aromatic heterocycles. The van der Waals surface area contributed by atoms with Crippen molar-refractivity contribution >= 4 is 80.6 Å². The molecule has 0 bridgehead atoms. The van der Waals surface area contributed by atoms with E-state index in [1.165, 1.54) is 28.0 Å². The monoisotopic (exact) mass is 983 g/mol. The van der Waals surface area contributed by atoms with E-state index in [2.05, 4.69) is 15.6 Å². The fraction of sp³-hybridized carbons (Fsp3) is 0.375. The molecule has 7 amide bonds. The van der Waals surface area contributed by atoms with Crippen LogP contribution in [0.1, 0.15) is 40.0 Å². The molecule has 0 radical (unpaired) electrons. The average molecular weight is 984 g/mol. The average Bonchev–Trinajstić information content (AvgIpc) is 3.58. The molecule has 4 aromatic carbocycles. The van der Waals surface area contributed by atoms with Crippen LogP contribution in [0.5, 0.6) is 11.5 Å². The lowest BCUT2D eigenvalue weighted by Gasteiger charge is -2.35. The van der Waals surface area contributed by atoms with Gasteiger partial charge >= 0.3 is 6.03 Å². The zero-order valence-electron chi connectivity index (χ0n) is 38.2. The second kappa shape index (κ2) is 22.0. The van der Waals surface area contributed by atoms with Gasteiger partial charge in [0.25, 0.3) is 11.8 Å². The summed E-state index contributed by atoms with van der Waals surface area (Å²) in [5.74, 6) is -2.45. The van der Waals surface area contributed by atoms with E-state index < -0.39 is 41.5 Å². The summed E-state index contributed by atoms with van der Waals surface area (Å²) in [7, 11) is 1.66. The second-order valence-electron chi connectivity index (χ2n) is 16.7. The standard InChI is InChI=1S/C48H51ClFN9O11/c1-56(16-17-67-18-19-68-20-21-69-22-23-70-30-6-7-32-34(26-30)46(65)59(45(32)64)37-8-9-38(61)53-44(37)63)39(62)10-11-52-48-54-42-35(43(55-48)57-12-14-58(15-13-57)47(51)66)27-36(49)40(41(42)50)33-25-29(60)24-28-4-2-3-5-31(28)33/h2-7,24-27,37,60H,8-23H2,1H3,(H2,51,66)(H,52,54,55)(H,53,61,63). The van der Waals surface area contributed by atoms with Crippen molar-refractivity contribution in [3.8, 4) is 22.6 Å². The number of benzene rings is 4. The van der Waals surface area contributed by atoms with Crippen LogP contribution in [0.15, 0.2) is 60.7 Å². The van der Waals surface area contributed by atoms with Gasteiger partial charge in [0.15, 0.2) is 5.82 Å². The first-order valence-electron chi connectivity index (χ1n) is 22.7. The van der Waals surface area contributed by atoms with Crippen molar-refractivity contribution in [3.63, 3.8) is 0 Å². The molecule has 5 N–H and O–H groups in total. The highest BCUT2D eigenvalue weighted by Crippen LogP contribution is 2.42. The van der Waals surface area contributed by atoms with Gasteiger partial charge in [-0.3, -0.25) is 34.2 Å². The third kappa shape index (κ3) is 11.0. The minimum Gasteiger partial charge on any atom is -0.508 e. The number of nitrogens with zero attached hydrogens (tertiary/aromatic N) is 6. The van der Waals surface area contributed by atoms with Crippen LogP contribution in [-0.4, -0.2) is 164 Å². The largest absolute Gasteiger partial charge is 0.508 e. The van der Waals surface area contributed by atoms with Crippen LogP contribution in [0.25, 0.3) is 32.8 Å². The minimum atomic E-state index is -1.05. The molecule has 70 heavy (non-hydrogen) atoms. The van der Waals surface area contributed by atoms with Crippen LogP contribution in [0.2, 0.25) is 5.02 Å². The molecule has 4 heterocycles. The van der Waals surface area contributed by atoms with Gasteiger partial charge in [-0.05, 0) is 59.2 Å². The Balaban J connectivity index is 0.756. The first-order valence-corrected chi connectivity index (χ1v) is 23.1. The summed E-state index contributed by atoms with van der Waals surface area (Å²) >= 11 is 6.83. The Kier molecular flexibility index (Phi) is 15.5. The van der Waals surface area contributed by atoms with Crippen molar-refractivity contribution in [3.05, 3.63) is 82.6 Å². The van der Waals surface area contributed by atoms with Crippen LogP contribution in [0.3, 0.4) is 0 Å². The number of anilines is 2. The summed E-state index contributed by atoms with van der Waals surface area (Å²) in [6.07, 6.45) is 0.175. The van der Waals surface area contributed by atoms with Gasteiger partial charge in [0, 0.05) is 70.1 Å².